The molecule has 5 heteroatoms. The number of anilines is 1. The quantitative estimate of drug-likeness (QED) is 0.884. The van der Waals surface area contributed by atoms with Crippen molar-refractivity contribution in [3.8, 4) is 0 Å². The third-order valence-electron chi connectivity index (χ3n) is 2.50. The summed E-state index contributed by atoms with van der Waals surface area (Å²) in [5.74, 6) is -1.15. The Bertz CT molecular complexity index is 488. The SMILES string of the molecule is Cn1nccc1CCNc1cc(F)cc(F)c1. The summed E-state index contributed by atoms with van der Waals surface area (Å²) in [4.78, 5) is 0. The summed E-state index contributed by atoms with van der Waals surface area (Å²) in [6, 6.07) is 5.30. The lowest BCUT2D eigenvalue weighted by Crippen LogP contribution is -2.08. The highest BCUT2D eigenvalue weighted by Gasteiger charge is 2.01. The van der Waals surface area contributed by atoms with Gasteiger partial charge in [-0.2, -0.15) is 5.10 Å². The number of nitrogens with one attached hydrogen (secondary N) is 1. The molecule has 1 heterocycles. The highest BCUT2D eigenvalue weighted by Crippen LogP contribution is 2.12. The van der Waals surface area contributed by atoms with E-state index in [1.807, 2.05) is 13.1 Å². The predicted molar refractivity (Wildman–Crippen MR) is 61.8 cm³/mol. The van der Waals surface area contributed by atoms with Crippen molar-refractivity contribution in [2.75, 3.05) is 11.9 Å². The monoisotopic (exact) mass is 237 g/mol. The number of aryl methyl sites for hydroxylation is 1. The summed E-state index contributed by atoms with van der Waals surface area (Å²) in [6.45, 7) is 0.600. The van der Waals surface area contributed by atoms with Gasteiger partial charge >= 0.3 is 0 Å². The van der Waals surface area contributed by atoms with E-state index in [0.717, 1.165) is 18.2 Å². The molecule has 0 radical (unpaired) electrons. The Labute approximate surface area is 98.1 Å². The van der Waals surface area contributed by atoms with Crippen LogP contribution in [-0.4, -0.2) is 16.3 Å². The molecular weight excluding hydrogens is 224 g/mol. The summed E-state index contributed by atoms with van der Waals surface area (Å²) in [5, 5.41) is 7.01. The average Bonchev–Trinajstić information content (AvgIpc) is 2.63. The Morgan fingerprint density at radius 3 is 2.53 bits per heavy atom. The van der Waals surface area contributed by atoms with E-state index in [1.165, 1.54) is 12.1 Å². The normalized spacial score (nSPS) is 10.5. The van der Waals surface area contributed by atoms with Crippen LogP contribution in [-0.2, 0) is 13.5 Å². The second kappa shape index (κ2) is 4.95. The molecule has 0 aliphatic heterocycles. The van der Waals surface area contributed by atoms with Gasteiger partial charge in [-0.15, -0.1) is 0 Å². The number of nitrogens with zero attached hydrogens (tertiary/aromatic N) is 2. The minimum Gasteiger partial charge on any atom is -0.384 e. The first-order chi connectivity index (χ1) is 8.15. The van der Waals surface area contributed by atoms with Crippen molar-refractivity contribution in [2.45, 2.75) is 6.42 Å². The second-order valence-electron chi connectivity index (χ2n) is 3.78. The summed E-state index contributed by atoms with van der Waals surface area (Å²) < 4.78 is 27.6. The topological polar surface area (TPSA) is 29.9 Å². The smallest absolute Gasteiger partial charge is 0.128 e. The van der Waals surface area contributed by atoms with Gasteiger partial charge in [-0.1, -0.05) is 0 Å². The first kappa shape index (κ1) is 11.6. The van der Waals surface area contributed by atoms with Crippen molar-refractivity contribution in [3.63, 3.8) is 0 Å². The fourth-order valence-electron chi connectivity index (χ4n) is 1.64. The molecule has 3 nitrogen and oxygen atoms in total. The third-order valence-corrected chi connectivity index (χ3v) is 2.50. The predicted octanol–water partition coefficient (Wildman–Crippen LogP) is 2.35. The number of hydrogen-bond donors (Lipinski definition) is 1. The molecule has 90 valence electrons. The van der Waals surface area contributed by atoms with Gasteiger partial charge in [-0.05, 0) is 18.2 Å². The number of rotatable bonds is 4. The molecule has 17 heavy (non-hydrogen) atoms. The highest BCUT2D eigenvalue weighted by atomic mass is 19.1. The number of aromatic nitrogens is 2. The molecule has 1 N–H and O–H groups in total. The van der Waals surface area contributed by atoms with Gasteiger partial charge in [0.1, 0.15) is 11.6 Å². The molecule has 0 unspecified atom stereocenters. The fourth-order valence-corrected chi connectivity index (χ4v) is 1.64. The summed E-state index contributed by atoms with van der Waals surface area (Å²) >= 11 is 0. The largest absolute Gasteiger partial charge is 0.384 e. The Balaban J connectivity index is 1.92. The maximum absolute atomic E-state index is 12.9. The number of benzene rings is 1. The summed E-state index contributed by atoms with van der Waals surface area (Å²) in [7, 11) is 1.86. The maximum atomic E-state index is 12.9. The van der Waals surface area contributed by atoms with E-state index in [0.29, 0.717) is 12.2 Å². The summed E-state index contributed by atoms with van der Waals surface area (Å²) in [6.07, 6.45) is 2.46. The van der Waals surface area contributed by atoms with Gasteiger partial charge in [0.15, 0.2) is 0 Å². The molecule has 0 bridgehead atoms. The van der Waals surface area contributed by atoms with Crippen LogP contribution >= 0.6 is 0 Å². The zero-order valence-electron chi connectivity index (χ0n) is 9.45. The lowest BCUT2D eigenvalue weighted by Gasteiger charge is -2.07. The van der Waals surface area contributed by atoms with Crippen LogP contribution in [0.2, 0.25) is 0 Å². The molecule has 0 fully saturated rings. The molecule has 0 amide bonds. The van der Waals surface area contributed by atoms with E-state index in [4.69, 9.17) is 0 Å². The molecule has 0 atom stereocenters. The Kier molecular flexibility index (Phi) is 3.37. The van der Waals surface area contributed by atoms with Crippen molar-refractivity contribution in [2.24, 2.45) is 7.05 Å². The van der Waals surface area contributed by atoms with Crippen LogP contribution in [0.5, 0.6) is 0 Å². The van der Waals surface area contributed by atoms with Gasteiger partial charge in [-0.3, -0.25) is 4.68 Å². The summed E-state index contributed by atoms with van der Waals surface area (Å²) in [5.41, 5.74) is 1.51. The van der Waals surface area contributed by atoms with Gasteiger partial charge in [0.2, 0.25) is 0 Å². The van der Waals surface area contributed by atoms with Crippen LogP contribution in [0.25, 0.3) is 0 Å². The van der Waals surface area contributed by atoms with Crippen LogP contribution in [0, 0.1) is 11.6 Å². The van der Waals surface area contributed by atoms with Crippen molar-refractivity contribution in [1.82, 2.24) is 9.78 Å². The molecule has 0 aliphatic rings. The lowest BCUT2D eigenvalue weighted by atomic mass is 10.2. The van der Waals surface area contributed by atoms with Crippen LogP contribution in [0.4, 0.5) is 14.5 Å². The molecule has 2 aromatic rings. The maximum Gasteiger partial charge on any atom is 0.128 e. The highest BCUT2D eigenvalue weighted by molar-refractivity contribution is 5.43. The van der Waals surface area contributed by atoms with Crippen LogP contribution < -0.4 is 5.32 Å². The molecule has 1 aromatic heterocycles. The Morgan fingerprint density at radius 1 is 1.24 bits per heavy atom. The van der Waals surface area contributed by atoms with Crippen molar-refractivity contribution < 1.29 is 8.78 Å². The van der Waals surface area contributed by atoms with Crippen molar-refractivity contribution >= 4 is 5.69 Å². The molecule has 0 aliphatic carbocycles. The second-order valence-corrected chi connectivity index (χ2v) is 3.78. The van der Waals surface area contributed by atoms with E-state index >= 15 is 0 Å². The van der Waals surface area contributed by atoms with Gasteiger partial charge in [0, 0.05) is 43.7 Å². The van der Waals surface area contributed by atoms with Crippen molar-refractivity contribution in [1.29, 1.82) is 0 Å². The van der Waals surface area contributed by atoms with Gasteiger partial charge in [0.05, 0.1) is 0 Å². The van der Waals surface area contributed by atoms with Gasteiger partial charge in [0.25, 0.3) is 0 Å². The standard InChI is InChI=1S/C12H13F2N3/c1-17-12(3-5-16-17)2-4-15-11-7-9(13)6-10(14)8-11/h3,5-8,15H,2,4H2,1H3. The molecule has 0 spiro atoms. The van der Waals surface area contributed by atoms with E-state index in [9.17, 15) is 8.78 Å². The van der Waals surface area contributed by atoms with E-state index in [-0.39, 0.29) is 0 Å². The van der Waals surface area contributed by atoms with Crippen LogP contribution in [0.1, 0.15) is 5.69 Å². The molecule has 0 saturated carbocycles. The van der Waals surface area contributed by atoms with Crippen LogP contribution in [0.3, 0.4) is 0 Å². The first-order valence-corrected chi connectivity index (χ1v) is 5.32. The lowest BCUT2D eigenvalue weighted by molar-refractivity contribution is 0.584. The average molecular weight is 237 g/mol. The molecule has 1 aromatic carbocycles. The van der Waals surface area contributed by atoms with E-state index < -0.39 is 11.6 Å². The van der Waals surface area contributed by atoms with E-state index in [1.54, 1.807) is 10.9 Å². The zero-order valence-corrected chi connectivity index (χ0v) is 9.45. The zero-order chi connectivity index (χ0) is 12.3. The number of halogens is 2. The van der Waals surface area contributed by atoms with Crippen LogP contribution in [0.15, 0.2) is 30.5 Å². The van der Waals surface area contributed by atoms with E-state index in [2.05, 4.69) is 10.4 Å². The minimum atomic E-state index is -0.576. The third kappa shape index (κ3) is 3.03. The van der Waals surface area contributed by atoms with Gasteiger partial charge in [-0.25, -0.2) is 8.78 Å². The first-order valence-electron chi connectivity index (χ1n) is 5.32. The fraction of sp³-hybridized carbons (Fsp3) is 0.250. The number of hydrogen-bond acceptors (Lipinski definition) is 2. The van der Waals surface area contributed by atoms with Gasteiger partial charge < -0.3 is 5.32 Å². The molecule has 0 saturated heterocycles. The Hall–Kier alpha value is -1.91. The van der Waals surface area contributed by atoms with Crippen molar-refractivity contribution in [3.05, 3.63) is 47.8 Å². The Morgan fingerprint density at radius 2 is 1.94 bits per heavy atom. The molecular formula is C12H13F2N3. The molecule has 2 rings (SSSR count). The minimum absolute atomic E-state index is 0.449.